The van der Waals surface area contributed by atoms with E-state index < -0.39 is 0 Å². The van der Waals surface area contributed by atoms with Crippen molar-refractivity contribution >= 4 is 11.8 Å². The Morgan fingerprint density at radius 2 is 2.00 bits per heavy atom. The molecule has 25 heavy (non-hydrogen) atoms. The highest BCUT2D eigenvalue weighted by Crippen LogP contribution is 2.24. The summed E-state index contributed by atoms with van der Waals surface area (Å²) in [5.74, 6) is 2.04. The van der Waals surface area contributed by atoms with E-state index in [1.807, 2.05) is 43.3 Å². The maximum Gasteiger partial charge on any atom is 0.226 e. The second-order valence-electron chi connectivity index (χ2n) is 5.50. The summed E-state index contributed by atoms with van der Waals surface area (Å²) < 4.78 is 12.6. The molecule has 0 N–H and O–H groups in total. The molecule has 1 aromatic carbocycles. The van der Waals surface area contributed by atoms with Crippen molar-refractivity contribution in [2.75, 3.05) is 0 Å². The van der Waals surface area contributed by atoms with Gasteiger partial charge in [-0.1, -0.05) is 29.5 Å². The number of thioether (sulfide) groups is 1. The molecule has 0 spiro atoms. The molecule has 0 fully saturated rings. The van der Waals surface area contributed by atoms with Crippen molar-refractivity contribution in [3.8, 4) is 11.5 Å². The normalized spacial score (nSPS) is 11.1. The smallest absolute Gasteiger partial charge is 0.226 e. The minimum Gasteiger partial charge on any atom is -0.467 e. The number of furan rings is 1. The van der Waals surface area contributed by atoms with Gasteiger partial charge in [0.1, 0.15) is 18.6 Å². The van der Waals surface area contributed by atoms with Crippen molar-refractivity contribution in [3.63, 3.8) is 0 Å². The van der Waals surface area contributed by atoms with Crippen LogP contribution in [0.4, 0.5) is 0 Å². The number of nitrogens with zero attached hydrogens (tertiary/aromatic N) is 5. The molecule has 0 saturated carbocycles. The monoisotopic (exact) mass is 353 g/mol. The van der Waals surface area contributed by atoms with Crippen LogP contribution in [-0.4, -0.2) is 25.2 Å². The van der Waals surface area contributed by atoms with Crippen LogP contribution >= 0.6 is 11.8 Å². The lowest BCUT2D eigenvalue weighted by Gasteiger charge is -2.00. The van der Waals surface area contributed by atoms with Gasteiger partial charge >= 0.3 is 0 Å². The minimum atomic E-state index is 0.496. The van der Waals surface area contributed by atoms with Crippen LogP contribution in [0.15, 0.2) is 62.9 Å². The first-order valence-corrected chi connectivity index (χ1v) is 8.69. The molecule has 126 valence electrons. The Hall–Kier alpha value is -2.87. The van der Waals surface area contributed by atoms with Gasteiger partial charge in [-0.05, 0) is 41.6 Å². The number of aryl methyl sites for hydroxylation is 1. The van der Waals surface area contributed by atoms with Crippen molar-refractivity contribution < 1.29 is 8.83 Å². The van der Waals surface area contributed by atoms with Crippen LogP contribution < -0.4 is 0 Å². The van der Waals surface area contributed by atoms with Crippen molar-refractivity contribution in [2.45, 2.75) is 24.4 Å². The zero-order chi connectivity index (χ0) is 17.1. The first kappa shape index (κ1) is 15.6. The summed E-state index contributed by atoms with van der Waals surface area (Å²) in [7, 11) is 0. The first-order chi connectivity index (χ1) is 12.3. The van der Waals surface area contributed by atoms with Gasteiger partial charge in [0, 0.05) is 11.3 Å². The van der Waals surface area contributed by atoms with E-state index in [1.165, 1.54) is 17.3 Å². The highest BCUT2D eigenvalue weighted by molar-refractivity contribution is 7.98. The first-order valence-electron chi connectivity index (χ1n) is 7.71. The Balaban J connectivity index is 1.42. The molecular formula is C17H15N5O2S. The van der Waals surface area contributed by atoms with Gasteiger partial charge in [-0.25, -0.2) is 9.67 Å². The van der Waals surface area contributed by atoms with Gasteiger partial charge in [-0.3, -0.25) is 0 Å². The molecule has 4 aromatic rings. The van der Waals surface area contributed by atoms with Crippen LogP contribution in [-0.2, 0) is 12.3 Å². The second-order valence-corrected chi connectivity index (χ2v) is 6.44. The summed E-state index contributed by atoms with van der Waals surface area (Å²) in [5.41, 5.74) is 3.01. The molecule has 4 rings (SSSR count). The Labute approximate surface area is 148 Å². The van der Waals surface area contributed by atoms with Crippen molar-refractivity contribution in [1.82, 2.24) is 25.2 Å². The summed E-state index contributed by atoms with van der Waals surface area (Å²) in [6, 6.07) is 11.8. The van der Waals surface area contributed by atoms with E-state index in [9.17, 15) is 0 Å². The fraction of sp³-hybridized carbons (Fsp3) is 0.176. The minimum absolute atomic E-state index is 0.496. The third-order valence-corrected chi connectivity index (χ3v) is 4.57. The van der Waals surface area contributed by atoms with Gasteiger partial charge in [0.25, 0.3) is 0 Å². The molecule has 3 heterocycles. The van der Waals surface area contributed by atoms with Crippen LogP contribution in [0.5, 0.6) is 0 Å². The molecule has 0 bridgehead atoms. The lowest BCUT2D eigenvalue weighted by Crippen LogP contribution is -2.03. The zero-order valence-corrected chi connectivity index (χ0v) is 14.3. The molecule has 0 aliphatic carbocycles. The van der Waals surface area contributed by atoms with E-state index in [0.717, 1.165) is 17.0 Å². The molecule has 3 aromatic heterocycles. The lowest BCUT2D eigenvalue weighted by molar-refractivity contribution is 0.462. The highest BCUT2D eigenvalue weighted by atomic mass is 32.2. The average Bonchev–Trinajstić information content (AvgIpc) is 3.36. The van der Waals surface area contributed by atoms with Crippen molar-refractivity contribution in [3.05, 3.63) is 65.9 Å². The third-order valence-electron chi connectivity index (χ3n) is 3.58. The molecule has 0 unspecified atom stereocenters. The van der Waals surface area contributed by atoms with Crippen LogP contribution in [0, 0.1) is 6.92 Å². The maximum atomic E-state index is 5.58. The number of benzene rings is 1. The number of aromatic nitrogens is 5. The summed E-state index contributed by atoms with van der Waals surface area (Å²) in [5, 5.41) is 12.5. The number of hydrogen-bond acceptors (Lipinski definition) is 7. The summed E-state index contributed by atoms with van der Waals surface area (Å²) in [6.45, 7) is 2.55. The molecule has 0 amide bonds. The molecule has 0 radical (unpaired) electrons. The topological polar surface area (TPSA) is 82.8 Å². The van der Waals surface area contributed by atoms with Crippen LogP contribution in [0.25, 0.3) is 11.5 Å². The van der Waals surface area contributed by atoms with Gasteiger partial charge in [0.15, 0.2) is 0 Å². The standard InChI is InChI=1S/C17H15N5O2S/c1-12-4-6-13(7-5-12)16-18-14(10-24-16)11-25-17-19-20-21-22(17)9-15-3-2-8-23-15/h2-8,10H,9,11H2,1H3. The fourth-order valence-electron chi connectivity index (χ4n) is 2.29. The summed E-state index contributed by atoms with van der Waals surface area (Å²) in [6.07, 6.45) is 3.30. The van der Waals surface area contributed by atoms with E-state index in [1.54, 1.807) is 17.2 Å². The third kappa shape index (κ3) is 3.63. The van der Waals surface area contributed by atoms with Crippen molar-refractivity contribution in [2.24, 2.45) is 0 Å². The quantitative estimate of drug-likeness (QED) is 0.490. The number of rotatable bonds is 6. The van der Waals surface area contributed by atoms with Crippen molar-refractivity contribution in [1.29, 1.82) is 0 Å². The molecule has 0 aliphatic heterocycles. The Morgan fingerprint density at radius 1 is 1.12 bits per heavy atom. The summed E-state index contributed by atoms with van der Waals surface area (Å²) in [4.78, 5) is 4.53. The van der Waals surface area contributed by atoms with E-state index in [4.69, 9.17) is 8.83 Å². The average molecular weight is 353 g/mol. The van der Waals surface area contributed by atoms with Gasteiger partial charge in [-0.2, -0.15) is 0 Å². The number of oxazole rings is 1. The SMILES string of the molecule is Cc1ccc(-c2nc(CSc3nnnn3Cc3ccco3)co2)cc1. The molecule has 7 nitrogen and oxygen atoms in total. The van der Waals surface area contributed by atoms with E-state index in [0.29, 0.717) is 23.3 Å². The van der Waals surface area contributed by atoms with Gasteiger partial charge in [0.05, 0.1) is 12.0 Å². The zero-order valence-electron chi connectivity index (χ0n) is 13.5. The van der Waals surface area contributed by atoms with Crippen LogP contribution in [0.1, 0.15) is 17.0 Å². The lowest BCUT2D eigenvalue weighted by atomic mass is 10.1. The number of hydrogen-bond donors (Lipinski definition) is 0. The predicted octanol–water partition coefficient (Wildman–Crippen LogP) is 3.57. The van der Waals surface area contributed by atoms with Gasteiger partial charge < -0.3 is 8.83 Å². The predicted molar refractivity (Wildman–Crippen MR) is 91.9 cm³/mol. The largest absolute Gasteiger partial charge is 0.467 e. The molecule has 0 atom stereocenters. The Bertz CT molecular complexity index is 944. The van der Waals surface area contributed by atoms with Gasteiger partial charge in [0.2, 0.25) is 11.0 Å². The molecule has 0 saturated heterocycles. The van der Waals surface area contributed by atoms with E-state index in [2.05, 4.69) is 20.5 Å². The van der Waals surface area contributed by atoms with Crippen LogP contribution in [0.2, 0.25) is 0 Å². The van der Waals surface area contributed by atoms with E-state index >= 15 is 0 Å². The molecular weight excluding hydrogens is 338 g/mol. The Kier molecular flexibility index (Phi) is 4.34. The van der Waals surface area contributed by atoms with Gasteiger partial charge in [-0.15, -0.1) is 5.10 Å². The summed E-state index contributed by atoms with van der Waals surface area (Å²) >= 11 is 1.50. The number of tetrazole rings is 1. The Morgan fingerprint density at radius 3 is 2.80 bits per heavy atom. The molecule has 0 aliphatic rings. The van der Waals surface area contributed by atoms with Crippen LogP contribution in [0.3, 0.4) is 0 Å². The van der Waals surface area contributed by atoms with E-state index in [-0.39, 0.29) is 0 Å². The molecule has 8 heteroatoms. The fourth-order valence-corrected chi connectivity index (χ4v) is 3.04. The maximum absolute atomic E-state index is 5.58. The highest BCUT2D eigenvalue weighted by Gasteiger charge is 2.12. The second kappa shape index (κ2) is 6.94.